The van der Waals surface area contributed by atoms with E-state index in [-0.39, 0.29) is 12.4 Å². The third-order valence-corrected chi connectivity index (χ3v) is 2.37. The van der Waals surface area contributed by atoms with Crippen LogP contribution in [0.2, 0.25) is 0 Å². The topological polar surface area (TPSA) is 38.0 Å². The standard InChI is InChI=1S/C11H18N2.ClH/c1-3-4-9(2)10-5-7-11(13-12)8-6-10;/h5-9,13H,3-4,12H2,1-2H3;1H. The lowest BCUT2D eigenvalue weighted by molar-refractivity contribution is 0.665. The van der Waals surface area contributed by atoms with Gasteiger partial charge in [-0.3, -0.25) is 5.84 Å². The number of hydrazine groups is 1. The molecular weight excluding hydrogens is 196 g/mol. The first-order valence-electron chi connectivity index (χ1n) is 4.84. The van der Waals surface area contributed by atoms with Crippen LogP contribution in [-0.4, -0.2) is 0 Å². The van der Waals surface area contributed by atoms with Crippen LogP contribution in [-0.2, 0) is 0 Å². The predicted octanol–water partition coefficient (Wildman–Crippen LogP) is 3.30. The van der Waals surface area contributed by atoms with E-state index >= 15 is 0 Å². The molecule has 0 heterocycles. The lowest BCUT2D eigenvalue weighted by atomic mass is 9.96. The van der Waals surface area contributed by atoms with Crippen LogP contribution >= 0.6 is 12.4 Å². The minimum atomic E-state index is 0. The minimum Gasteiger partial charge on any atom is -0.324 e. The third kappa shape index (κ3) is 3.56. The van der Waals surface area contributed by atoms with Crippen LogP contribution in [0.15, 0.2) is 24.3 Å². The number of hydrogen-bond donors (Lipinski definition) is 2. The van der Waals surface area contributed by atoms with Crippen molar-refractivity contribution in [1.29, 1.82) is 0 Å². The number of nitrogens with one attached hydrogen (secondary N) is 1. The molecule has 0 saturated carbocycles. The van der Waals surface area contributed by atoms with Gasteiger partial charge in [0.2, 0.25) is 0 Å². The molecule has 0 saturated heterocycles. The van der Waals surface area contributed by atoms with Gasteiger partial charge in [-0.05, 0) is 30.0 Å². The quantitative estimate of drug-likeness (QED) is 0.596. The Balaban J connectivity index is 0.00000169. The molecule has 2 nitrogen and oxygen atoms in total. The van der Waals surface area contributed by atoms with Crippen molar-refractivity contribution in [2.24, 2.45) is 5.84 Å². The molecule has 3 N–H and O–H groups in total. The third-order valence-electron chi connectivity index (χ3n) is 2.37. The monoisotopic (exact) mass is 214 g/mol. The highest BCUT2D eigenvalue weighted by molar-refractivity contribution is 5.85. The Bertz CT molecular complexity index is 246. The van der Waals surface area contributed by atoms with E-state index in [0.29, 0.717) is 5.92 Å². The molecule has 0 amide bonds. The molecule has 1 unspecified atom stereocenters. The van der Waals surface area contributed by atoms with E-state index < -0.39 is 0 Å². The van der Waals surface area contributed by atoms with Crippen molar-refractivity contribution in [2.75, 3.05) is 5.43 Å². The van der Waals surface area contributed by atoms with Gasteiger partial charge in [-0.25, -0.2) is 0 Å². The summed E-state index contributed by atoms with van der Waals surface area (Å²) in [6.07, 6.45) is 2.48. The highest BCUT2D eigenvalue weighted by Crippen LogP contribution is 2.21. The van der Waals surface area contributed by atoms with Gasteiger partial charge in [0.05, 0.1) is 0 Å². The van der Waals surface area contributed by atoms with Crippen molar-refractivity contribution in [1.82, 2.24) is 0 Å². The van der Waals surface area contributed by atoms with Crippen LogP contribution in [0.1, 0.15) is 38.2 Å². The van der Waals surface area contributed by atoms with E-state index in [1.54, 1.807) is 0 Å². The molecule has 0 aliphatic heterocycles. The first-order valence-corrected chi connectivity index (χ1v) is 4.84. The summed E-state index contributed by atoms with van der Waals surface area (Å²) in [6, 6.07) is 8.30. The summed E-state index contributed by atoms with van der Waals surface area (Å²) < 4.78 is 0. The molecule has 3 heteroatoms. The van der Waals surface area contributed by atoms with Crippen molar-refractivity contribution in [3.8, 4) is 0 Å². The number of hydrogen-bond acceptors (Lipinski definition) is 2. The Morgan fingerprint density at radius 1 is 1.29 bits per heavy atom. The van der Waals surface area contributed by atoms with Crippen LogP contribution in [0.5, 0.6) is 0 Å². The highest BCUT2D eigenvalue weighted by atomic mass is 35.5. The normalized spacial score (nSPS) is 11.6. The maximum Gasteiger partial charge on any atom is 0.0485 e. The zero-order valence-electron chi connectivity index (χ0n) is 8.79. The first kappa shape index (κ1) is 13.3. The zero-order valence-corrected chi connectivity index (χ0v) is 9.60. The maximum atomic E-state index is 5.28. The highest BCUT2D eigenvalue weighted by Gasteiger charge is 2.02. The van der Waals surface area contributed by atoms with Gasteiger partial charge in [0.1, 0.15) is 0 Å². The average Bonchev–Trinajstić information content (AvgIpc) is 2.18. The second kappa shape index (κ2) is 6.68. The van der Waals surface area contributed by atoms with Crippen molar-refractivity contribution >= 4 is 18.1 Å². The lowest BCUT2D eigenvalue weighted by Crippen LogP contribution is -2.06. The summed E-state index contributed by atoms with van der Waals surface area (Å²) in [4.78, 5) is 0. The van der Waals surface area contributed by atoms with Crippen LogP contribution in [0.3, 0.4) is 0 Å². The second-order valence-electron chi connectivity index (χ2n) is 3.46. The molecule has 14 heavy (non-hydrogen) atoms. The van der Waals surface area contributed by atoms with Gasteiger partial charge in [-0.15, -0.1) is 12.4 Å². The number of benzene rings is 1. The zero-order chi connectivity index (χ0) is 9.68. The van der Waals surface area contributed by atoms with Crippen molar-refractivity contribution in [3.05, 3.63) is 29.8 Å². The molecular formula is C11H19ClN2. The van der Waals surface area contributed by atoms with Crippen LogP contribution in [0.25, 0.3) is 0 Å². The molecule has 0 fully saturated rings. The molecule has 0 aliphatic carbocycles. The molecule has 1 aromatic rings. The molecule has 80 valence electrons. The predicted molar refractivity (Wildman–Crippen MR) is 64.8 cm³/mol. The van der Waals surface area contributed by atoms with Crippen molar-refractivity contribution < 1.29 is 0 Å². The molecule has 1 atom stereocenters. The Labute approximate surface area is 92.3 Å². The largest absolute Gasteiger partial charge is 0.324 e. The minimum absolute atomic E-state index is 0. The van der Waals surface area contributed by atoms with Gasteiger partial charge >= 0.3 is 0 Å². The van der Waals surface area contributed by atoms with Gasteiger partial charge < -0.3 is 5.43 Å². The van der Waals surface area contributed by atoms with Crippen molar-refractivity contribution in [2.45, 2.75) is 32.6 Å². The van der Waals surface area contributed by atoms with E-state index in [4.69, 9.17) is 5.84 Å². The van der Waals surface area contributed by atoms with E-state index in [1.807, 2.05) is 12.1 Å². The summed E-state index contributed by atoms with van der Waals surface area (Å²) in [5, 5.41) is 0. The van der Waals surface area contributed by atoms with E-state index in [2.05, 4.69) is 31.4 Å². The molecule has 1 rings (SSSR count). The average molecular weight is 215 g/mol. The Morgan fingerprint density at radius 3 is 2.29 bits per heavy atom. The number of nitrogen functional groups attached to an aromatic ring is 1. The fourth-order valence-electron chi connectivity index (χ4n) is 1.51. The number of nitrogens with two attached hydrogens (primary N) is 1. The second-order valence-corrected chi connectivity index (χ2v) is 3.46. The molecule has 1 aromatic carbocycles. The van der Waals surface area contributed by atoms with Crippen LogP contribution < -0.4 is 11.3 Å². The van der Waals surface area contributed by atoms with Gasteiger partial charge in [-0.2, -0.15) is 0 Å². The van der Waals surface area contributed by atoms with E-state index in [9.17, 15) is 0 Å². The van der Waals surface area contributed by atoms with Crippen LogP contribution in [0.4, 0.5) is 5.69 Å². The van der Waals surface area contributed by atoms with Crippen molar-refractivity contribution in [3.63, 3.8) is 0 Å². The van der Waals surface area contributed by atoms with E-state index in [0.717, 1.165) is 5.69 Å². The Hall–Kier alpha value is -0.730. The number of rotatable bonds is 4. The summed E-state index contributed by atoms with van der Waals surface area (Å²) in [6.45, 7) is 4.47. The summed E-state index contributed by atoms with van der Waals surface area (Å²) in [7, 11) is 0. The molecule has 0 aliphatic rings. The SMILES string of the molecule is CCCC(C)c1ccc(NN)cc1.Cl. The lowest BCUT2D eigenvalue weighted by Gasteiger charge is -2.10. The van der Waals surface area contributed by atoms with Crippen LogP contribution in [0, 0.1) is 0 Å². The van der Waals surface area contributed by atoms with Gasteiger partial charge in [0.15, 0.2) is 0 Å². The summed E-state index contributed by atoms with van der Waals surface area (Å²) in [5.74, 6) is 5.93. The fraction of sp³-hybridized carbons (Fsp3) is 0.455. The van der Waals surface area contributed by atoms with Gasteiger partial charge in [0.25, 0.3) is 0 Å². The first-order chi connectivity index (χ1) is 6.27. The van der Waals surface area contributed by atoms with E-state index in [1.165, 1.54) is 18.4 Å². The van der Waals surface area contributed by atoms with Gasteiger partial charge in [-0.1, -0.05) is 32.4 Å². The fourth-order valence-corrected chi connectivity index (χ4v) is 1.51. The Morgan fingerprint density at radius 2 is 1.86 bits per heavy atom. The summed E-state index contributed by atoms with van der Waals surface area (Å²) in [5.41, 5.74) is 4.98. The summed E-state index contributed by atoms with van der Waals surface area (Å²) >= 11 is 0. The number of halogens is 1. The number of anilines is 1. The molecule has 0 radical (unpaired) electrons. The van der Waals surface area contributed by atoms with Gasteiger partial charge in [0, 0.05) is 5.69 Å². The molecule has 0 spiro atoms. The Kier molecular flexibility index (Phi) is 6.34. The maximum absolute atomic E-state index is 5.28. The smallest absolute Gasteiger partial charge is 0.0485 e. The molecule has 0 bridgehead atoms. The molecule has 0 aromatic heterocycles.